The second kappa shape index (κ2) is 54.9. The first kappa shape index (κ1) is 63.3. The number of carbonyl (C=O) groups excluding carboxylic acids is 3. The summed E-state index contributed by atoms with van der Waals surface area (Å²) in [6, 6.07) is 0. The molecule has 0 spiro atoms. The van der Waals surface area contributed by atoms with E-state index in [9.17, 15) is 14.4 Å². The van der Waals surface area contributed by atoms with E-state index >= 15 is 0 Å². The van der Waals surface area contributed by atoms with Gasteiger partial charge in [0.1, 0.15) is 13.2 Å². The molecule has 0 aromatic carbocycles. The molecule has 0 fully saturated rings. The first-order valence-corrected chi connectivity index (χ1v) is 26.8. The molecule has 380 valence electrons. The van der Waals surface area contributed by atoms with Crippen molar-refractivity contribution >= 4 is 17.9 Å². The Morgan fingerprint density at radius 3 is 1.04 bits per heavy atom. The van der Waals surface area contributed by atoms with Crippen molar-refractivity contribution in [3.05, 3.63) is 146 Å². The summed E-state index contributed by atoms with van der Waals surface area (Å²) in [6.45, 7) is 6.26. The number of allylic oxidation sites excluding steroid dienone is 24. The van der Waals surface area contributed by atoms with Crippen LogP contribution in [0.25, 0.3) is 0 Å². The Morgan fingerprint density at radius 1 is 0.309 bits per heavy atom. The molecule has 6 nitrogen and oxygen atoms in total. The summed E-state index contributed by atoms with van der Waals surface area (Å²) in [4.78, 5) is 38.0. The quantitative estimate of drug-likeness (QED) is 0.0262. The predicted octanol–water partition coefficient (Wildman–Crippen LogP) is 18.0. The zero-order chi connectivity index (χ0) is 49.3. The van der Waals surface area contributed by atoms with Crippen LogP contribution in [0.2, 0.25) is 0 Å². The lowest BCUT2D eigenvalue weighted by molar-refractivity contribution is -0.166. The number of esters is 3. The van der Waals surface area contributed by atoms with Crippen LogP contribution < -0.4 is 0 Å². The first-order valence-electron chi connectivity index (χ1n) is 26.8. The minimum atomic E-state index is -0.848. The normalized spacial score (nSPS) is 13.3. The third-order valence-corrected chi connectivity index (χ3v) is 10.6. The lowest BCUT2D eigenvalue weighted by Crippen LogP contribution is -2.30. The third-order valence-electron chi connectivity index (χ3n) is 10.6. The van der Waals surface area contributed by atoms with Gasteiger partial charge in [0.2, 0.25) is 0 Å². The molecule has 0 aromatic rings. The number of ether oxygens (including phenoxy) is 3. The lowest BCUT2D eigenvalue weighted by Gasteiger charge is -2.18. The van der Waals surface area contributed by atoms with Crippen LogP contribution in [0.1, 0.15) is 207 Å². The van der Waals surface area contributed by atoms with Gasteiger partial charge in [-0.25, -0.2) is 0 Å². The standard InChI is InChI=1S/C62H96O6/c1-4-7-10-13-16-19-22-25-28-30-31-33-34-37-40-43-46-49-52-55-61(64)67-58-59(57-66-60(63)54-51-48-45-42-39-36-27-24-21-18-15-12-9-6-3)68-62(65)56-53-50-47-44-41-38-35-32-29-26-23-20-17-14-11-8-5-2/h7-8,10-11,16-17,19-20,24-29,31,33,35,37-38,40,44,46-47,49,59H,4-6,9,12-15,18,21-23,30,32,34,36,39,41-43,45,48,50-58H2,1-3H3/b10-7+,11-8+,19-16+,20-17+,27-24+,28-25+,29-26+,33-31+,38-35+,40-37+,47-44+,49-46+/t59-/m1/s1. The van der Waals surface area contributed by atoms with Crippen molar-refractivity contribution < 1.29 is 28.6 Å². The summed E-state index contributed by atoms with van der Waals surface area (Å²) in [5.41, 5.74) is 0. The largest absolute Gasteiger partial charge is 0.462 e. The zero-order valence-corrected chi connectivity index (χ0v) is 43.3. The maximum atomic E-state index is 12.8. The van der Waals surface area contributed by atoms with Crippen LogP contribution in [0.3, 0.4) is 0 Å². The molecule has 0 heterocycles. The van der Waals surface area contributed by atoms with Crippen LogP contribution >= 0.6 is 0 Å². The molecule has 0 N–H and O–H groups in total. The van der Waals surface area contributed by atoms with Crippen molar-refractivity contribution in [2.75, 3.05) is 13.2 Å². The Hall–Kier alpha value is -4.71. The summed E-state index contributed by atoms with van der Waals surface area (Å²) in [5.74, 6) is -1.10. The van der Waals surface area contributed by atoms with Gasteiger partial charge in [-0.05, 0) is 122 Å². The van der Waals surface area contributed by atoms with Gasteiger partial charge in [0.15, 0.2) is 6.10 Å². The van der Waals surface area contributed by atoms with Crippen LogP contribution in [-0.4, -0.2) is 37.2 Å². The Kier molecular flexibility index (Phi) is 51.1. The molecule has 0 aromatic heterocycles. The smallest absolute Gasteiger partial charge is 0.306 e. The Balaban J connectivity index is 4.64. The lowest BCUT2D eigenvalue weighted by atomic mass is 10.1. The molecule has 0 amide bonds. The topological polar surface area (TPSA) is 78.9 Å². The second-order valence-corrected chi connectivity index (χ2v) is 17.0. The van der Waals surface area contributed by atoms with E-state index in [0.717, 1.165) is 109 Å². The van der Waals surface area contributed by atoms with Crippen molar-refractivity contribution in [2.45, 2.75) is 213 Å². The summed E-state index contributed by atoms with van der Waals surface area (Å²) in [6.07, 6.45) is 78.5. The summed E-state index contributed by atoms with van der Waals surface area (Å²) >= 11 is 0. The Bertz CT molecular complexity index is 1540. The highest BCUT2D eigenvalue weighted by Crippen LogP contribution is 2.11. The summed E-state index contributed by atoms with van der Waals surface area (Å²) in [7, 11) is 0. The molecular weight excluding hydrogens is 841 g/mol. The van der Waals surface area contributed by atoms with Gasteiger partial charge in [-0.15, -0.1) is 0 Å². The molecule has 0 aliphatic carbocycles. The van der Waals surface area contributed by atoms with Gasteiger partial charge in [0, 0.05) is 19.3 Å². The summed E-state index contributed by atoms with van der Waals surface area (Å²) in [5, 5.41) is 0. The number of hydrogen-bond donors (Lipinski definition) is 0. The zero-order valence-electron chi connectivity index (χ0n) is 43.3. The van der Waals surface area contributed by atoms with Gasteiger partial charge in [-0.2, -0.15) is 0 Å². The van der Waals surface area contributed by atoms with Crippen molar-refractivity contribution in [3.8, 4) is 0 Å². The van der Waals surface area contributed by atoms with E-state index in [0.29, 0.717) is 19.3 Å². The highest BCUT2D eigenvalue weighted by molar-refractivity contribution is 5.71. The van der Waals surface area contributed by atoms with Gasteiger partial charge in [0.25, 0.3) is 0 Å². The van der Waals surface area contributed by atoms with Crippen LogP contribution in [0.15, 0.2) is 146 Å². The highest BCUT2D eigenvalue weighted by Gasteiger charge is 2.19. The molecule has 0 unspecified atom stereocenters. The fourth-order valence-electron chi connectivity index (χ4n) is 6.61. The molecule has 6 heteroatoms. The minimum Gasteiger partial charge on any atom is -0.462 e. The van der Waals surface area contributed by atoms with Crippen molar-refractivity contribution in [2.24, 2.45) is 0 Å². The van der Waals surface area contributed by atoms with E-state index in [-0.39, 0.29) is 38.0 Å². The summed E-state index contributed by atoms with van der Waals surface area (Å²) < 4.78 is 16.7. The average molecular weight is 937 g/mol. The van der Waals surface area contributed by atoms with E-state index in [1.54, 1.807) is 0 Å². The first-order chi connectivity index (χ1) is 33.5. The number of rotatable bonds is 46. The van der Waals surface area contributed by atoms with Gasteiger partial charge in [-0.1, -0.05) is 212 Å². The second-order valence-electron chi connectivity index (χ2n) is 17.0. The van der Waals surface area contributed by atoms with Gasteiger partial charge in [-0.3, -0.25) is 14.4 Å². The van der Waals surface area contributed by atoms with Crippen LogP contribution in [-0.2, 0) is 28.6 Å². The molecule has 68 heavy (non-hydrogen) atoms. The van der Waals surface area contributed by atoms with Crippen molar-refractivity contribution in [3.63, 3.8) is 0 Å². The van der Waals surface area contributed by atoms with Crippen LogP contribution in [0, 0.1) is 0 Å². The van der Waals surface area contributed by atoms with E-state index < -0.39 is 12.1 Å². The maximum Gasteiger partial charge on any atom is 0.306 e. The fourth-order valence-corrected chi connectivity index (χ4v) is 6.61. The third kappa shape index (κ3) is 52.3. The molecule has 0 bridgehead atoms. The van der Waals surface area contributed by atoms with E-state index in [2.05, 4.69) is 154 Å². The van der Waals surface area contributed by atoms with E-state index in [1.165, 1.54) is 44.9 Å². The molecule has 1 atom stereocenters. The molecule has 0 aliphatic heterocycles. The fraction of sp³-hybridized carbons (Fsp3) is 0.565. The molecule has 0 saturated heterocycles. The number of hydrogen-bond acceptors (Lipinski definition) is 6. The van der Waals surface area contributed by atoms with E-state index in [1.807, 2.05) is 12.2 Å². The van der Waals surface area contributed by atoms with Crippen LogP contribution in [0.5, 0.6) is 0 Å². The van der Waals surface area contributed by atoms with Gasteiger partial charge in [0.05, 0.1) is 0 Å². The van der Waals surface area contributed by atoms with Gasteiger partial charge >= 0.3 is 17.9 Å². The van der Waals surface area contributed by atoms with Crippen molar-refractivity contribution in [1.82, 2.24) is 0 Å². The van der Waals surface area contributed by atoms with E-state index in [4.69, 9.17) is 14.2 Å². The average Bonchev–Trinajstić information content (AvgIpc) is 3.34. The highest BCUT2D eigenvalue weighted by atomic mass is 16.6. The Morgan fingerprint density at radius 2 is 0.618 bits per heavy atom. The Labute approximate surface area is 417 Å². The molecule has 0 rings (SSSR count). The molecule has 0 aliphatic rings. The monoisotopic (exact) mass is 937 g/mol. The maximum absolute atomic E-state index is 12.8. The SMILES string of the molecule is CC/C=C/C/C=C/C/C=C/C/C=C/C/C=C/C/C=C/CCC(=O)OC[C@@H](COC(=O)CCCCCCC/C=C/CCCCCCC)OC(=O)CCC/C=C/C/C=C/C/C=C/C/C=C/C/C=C/CC. The predicted molar refractivity (Wildman–Crippen MR) is 292 cm³/mol. The van der Waals surface area contributed by atoms with Gasteiger partial charge < -0.3 is 14.2 Å². The van der Waals surface area contributed by atoms with Crippen LogP contribution in [0.4, 0.5) is 0 Å². The molecular formula is C62H96O6. The number of carbonyl (C=O) groups is 3. The number of unbranched alkanes of at least 4 members (excludes halogenated alkanes) is 11. The van der Waals surface area contributed by atoms with Crippen molar-refractivity contribution in [1.29, 1.82) is 0 Å². The minimum absolute atomic E-state index is 0.134. The molecule has 0 saturated carbocycles. The molecule has 0 radical (unpaired) electrons.